The second-order valence-corrected chi connectivity index (χ2v) is 7.97. The minimum absolute atomic E-state index is 0.359. The number of benzene rings is 2. The topological polar surface area (TPSA) is 66.5 Å². The zero-order valence-electron chi connectivity index (χ0n) is 14.7. The Morgan fingerprint density at radius 1 is 1.15 bits per heavy atom. The lowest BCUT2D eigenvalue weighted by Crippen LogP contribution is -2.41. The van der Waals surface area contributed by atoms with Crippen molar-refractivity contribution in [2.24, 2.45) is 0 Å². The van der Waals surface area contributed by atoms with Gasteiger partial charge in [0.2, 0.25) is 15.9 Å². The Labute approximate surface area is 151 Å². The molecule has 1 atom stereocenters. The van der Waals surface area contributed by atoms with Crippen LogP contribution >= 0.6 is 0 Å². The highest BCUT2D eigenvalue weighted by Crippen LogP contribution is 2.22. The molecular weight excluding hydrogens is 362 g/mol. The van der Waals surface area contributed by atoms with E-state index in [-0.39, 0.29) is 11.7 Å². The van der Waals surface area contributed by atoms with Gasteiger partial charge in [-0.25, -0.2) is 17.2 Å². The predicted molar refractivity (Wildman–Crippen MR) is 96.3 cm³/mol. The second-order valence-electron chi connectivity index (χ2n) is 6.07. The molecule has 1 amide bonds. The number of sulfonamides is 1. The summed E-state index contributed by atoms with van der Waals surface area (Å²) in [6.45, 7) is 3.08. The maximum absolute atomic E-state index is 14.0. The van der Waals surface area contributed by atoms with Crippen LogP contribution in [0.25, 0.3) is 0 Å². The van der Waals surface area contributed by atoms with Crippen LogP contribution in [-0.4, -0.2) is 27.1 Å². The SMILES string of the molecule is Cc1ccc([C@H](C)NC(=O)CN(c2ccc(F)cc2F)S(C)(=O)=O)cc1. The Hall–Kier alpha value is -2.48. The first kappa shape index (κ1) is 19.8. The standard InChI is InChI=1S/C18H20F2N2O3S/c1-12-4-6-14(7-5-12)13(2)21-18(23)11-22(26(3,24)25)17-9-8-15(19)10-16(17)20/h4-10,13H,11H2,1-3H3,(H,21,23)/t13-/m0/s1. The fourth-order valence-electron chi connectivity index (χ4n) is 2.42. The van der Waals surface area contributed by atoms with Crippen LogP contribution in [0.5, 0.6) is 0 Å². The Balaban J connectivity index is 2.18. The zero-order chi connectivity index (χ0) is 19.5. The molecular formula is C18H20F2N2O3S. The summed E-state index contributed by atoms with van der Waals surface area (Å²) in [6.07, 6.45) is 0.854. The van der Waals surface area contributed by atoms with Gasteiger partial charge in [0.05, 0.1) is 18.0 Å². The van der Waals surface area contributed by atoms with Gasteiger partial charge in [-0.15, -0.1) is 0 Å². The maximum atomic E-state index is 14.0. The van der Waals surface area contributed by atoms with Crippen molar-refractivity contribution in [2.45, 2.75) is 19.9 Å². The highest BCUT2D eigenvalue weighted by atomic mass is 32.2. The van der Waals surface area contributed by atoms with Crippen molar-refractivity contribution in [3.63, 3.8) is 0 Å². The number of amides is 1. The number of hydrogen-bond acceptors (Lipinski definition) is 3. The van der Waals surface area contributed by atoms with Crippen molar-refractivity contribution in [2.75, 3.05) is 17.1 Å². The van der Waals surface area contributed by atoms with Crippen LogP contribution in [0, 0.1) is 18.6 Å². The van der Waals surface area contributed by atoms with Crippen molar-refractivity contribution in [1.29, 1.82) is 0 Å². The lowest BCUT2D eigenvalue weighted by Gasteiger charge is -2.23. The smallest absolute Gasteiger partial charge is 0.241 e. The number of nitrogens with zero attached hydrogens (tertiary/aromatic N) is 1. The van der Waals surface area contributed by atoms with Gasteiger partial charge in [0, 0.05) is 6.07 Å². The largest absolute Gasteiger partial charge is 0.348 e. The molecule has 0 saturated carbocycles. The summed E-state index contributed by atoms with van der Waals surface area (Å²) >= 11 is 0. The molecule has 0 aliphatic carbocycles. The maximum Gasteiger partial charge on any atom is 0.241 e. The van der Waals surface area contributed by atoms with Gasteiger partial charge in [0.1, 0.15) is 18.2 Å². The first-order valence-corrected chi connectivity index (χ1v) is 9.71. The molecule has 0 aromatic heterocycles. The molecule has 0 radical (unpaired) electrons. The molecule has 26 heavy (non-hydrogen) atoms. The van der Waals surface area contributed by atoms with E-state index in [0.29, 0.717) is 10.4 Å². The van der Waals surface area contributed by atoms with Crippen molar-refractivity contribution in [3.8, 4) is 0 Å². The monoisotopic (exact) mass is 382 g/mol. The number of nitrogens with one attached hydrogen (secondary N) is 1. The summed E-state index contributed by atoms with van der Waals surface area (Å²) in [5.41, 5.74) is 1.54. The Morgan fingerprint density at radius 3 is 2.31 bits per heavy atom. The minimum Gasteiger partial charge on any atom is -0.348 e. The van der Waals surface area contributed by atoms with Crippen LogP contribution in [0.1, 0.15) is 24.1 Å². The van der Waals surface area contributed by atoms with Gasteiger partial charge in [0.15, 0.2) is 0 Å². The molecule has 2 rings (SSSR count). The molecule has 0 fully saturated rings. The van der Waals surface area contributed by atoms with Gasteiger partial charge in [-0.1, -0.05) is 29.8 Å². The van der Waals surface area contributed by atoms with Crippen LogP contribution in [0.15, 0.2) is 42.5 Å². The van der Waals surface area contributed by atoms with Crippen LogP contribution in [0.4, 0.5) is 14.5 Å². The van der Waals surface area contributed by atoms with Crippen LogP contribution < -0.4 is 9.62 Å². The van der Waals surface area contributed by atoms with E-state index in [0.717, 1.165) is 29.5 Å². The molecule has 0 saturated heterocycles. The molecule has 0 aliphatic heterocycles. The molecule has 2 aromatic rings. The molecule has 140 valence electrons. The minimum atomic E-state index is -3.94. The van der Waals surface area contributed by atoms with Crippen molar-refractivity contribution in [1.82, 2.24) is 5.32 Å². The highest BCUT2D eigenvalue weighted by Gasteiger charge is 2.24. The van der Waals surface area contributed by atoms with Crippen molar-refractivity contribution < 1.29 is 22.0 Å². The van der Waals surface area contributed by atoms with E-state index in [2.05, 4.69) is 5.32 Å². The van der Waals surface area contributed by atoms with Gasteiger partial charge >= 0.3 is 0 Å². The number of rotatable bonds is 6. The second kappa shape index (κ2) is 7.82. The summed E-state index contributed by atoms with van der Waals surface area (Å²) < 4.78 is 51.6. The molecule has 5 nitrogen and oxygen atoms in total. The molecule has 0 unspecified atom stereocenters. The van der Waals surface area contributed by atoms with Crippen LogP contribution in [0.3, 0.4) is 0 Å². The third-order valence-corrected chi connectivity index (χ3v) is 4.95. The van der Waals surface area contributed by atoms with Gasteiger partial charge in [-0.05, 0) is 31.5 Å². The summed E-state index contributed by atoms with van der Waals surface area (Å²) in [6, 6.07) is 9.64. The third-order valence-electron chi connectivity index (χ3n) is 3.82. The molecule has 2 aromatic carbocycles. The Morgan fingerprint density at radius 2 is 1.77 bits per heavy atom. The van der Waals surface area contributed by atoms with E-state index in [4.69, 9.17) is 0 Å². The summed E-state index contributed by atoms with van der Waals surface area (Å²) in [4.78, 5) is 12.3. The molecule has 0 spiro atoms. The third kappa shape index (κ3) is 5.01. The number of carbonyl (C=O) groups is 1. The predicted octanol–water partition coefficient (Wildman–Crippen LogP) is 2.92. The van der Waals surface area contributed by atoms with Gasteiger partial charge in [-0.2, -0.15) is 0 Å². The fraction of sp³-hybridized carbons (Fsp3) is 0.278. The molecule has 0 bridgehead atoms. The normalized spacial score (nSPS) is 12.5. The first-order chi connectivity index (χ1) is 12.1. The number of anilines is 1. The van der Waals surface area contributed by atoms with E-state index in [9.17, 15) is 22.0 Å². The van der Waals surface area contributed by atoms with Gasteiger partial charge in [-0.3, -0.25) is 9.10 Å². The Kier molecular flexibility index (Phi) is 5.97. The lowest BCUT2D eigenvalue weighted by molar-refractivity contribution is -0.120. The average molecular weight is 382 g/mol. The number of halogens is 2. The van der Waals surface area contributed by atoms with E-state index >= 15 is 0 Å². The summed E-state index contributed by atoms with van der Waals surface area (Å²) in [5.74, 6) is -2.50. The fourth-order valence-corrected chi connectivity index (χ4v) is 3.28. The van der Waals surface area contributed by atoms with E-state index in [1.807, 2.05) is 31.2 Å². The zero-order valence-corrected chi connectivity index (χ0v) is 15.5. The van der Waals surface area contributed by atoms with E-state index in [1.54, 1.807) is 6.92 Å². The summed E-state index contributed by atoms with van der Waals surface area (Å²) in [7, 11) is -3.94. The van der Waals surface area contributed by atoms with Crippen molar-refractivity contribution >= 4 is 21.6 Å². The molecule has 8 heteroatoms. The van der Waals surface area contributed by atoms with Crippen LogP contribution in [-0.2, 0) is 14.8 Å². The first-order valence-electron chi connectivity index (χ1n) is 7.86. The quantitative estimate of drug-likeness (QED) is 0.835. The summed E-state index contributed by atoms with van der Waals surface area (Å²) in [5, 5.41) is 2.68. The number of aryl methyl sites for hydroxylation is 1. The van der Waals surface area contributed by atoms with E-state index < -0.39 is 34.1 Å². The average Bonchev–Trinajstić information content (AvgIpc) is 2.53. The number of carbonyl (C=O) groups excluding carboxylic acids is 1. The lowest BCUT2D eigenvalue weighted by atomic mass is 10.1. The molecule has 0 heterocycles. The van der Waals surface area contributed by atoms with Crippen LogP contribution in [0.2, 0.25) is 0 Å². The Bertz CT molecular complexity index is 899. The van der Waals surface area contributed by atoms with E-state index in [1.165, 1.54) is 0 Å². The van der Waals surface area contributed by atoms with Gasteiger partial charge < -0.3 is 5.32 Å². The van der Waals surface area contributed by atoms with Crippen molar-refractivity contribution in [3.05, 3.63) is 65.2 Å². The molecule has 0 aliphatic rings. The molecule has 1 N–H and O–H groups in total. The van der Waals surface area contributed by atoms with Gasteiger partial charge in [0.25, 0.3) is 0 Å². The number of hydrogen-bond donors (Lipinski definition) is 1. The highest BCUT2D eigenvalue weighted by molar-refractivity contribution is 7.92.